The molecule has 1 amide bonds. The number of hydrogen-bond donors (Lipinski definition) is 3. The SMILES string of the molecule is CO/C(=[SH]\C(CCO)=C(\C)N(C=O)Cc1cnc(C)nc1N)C1CCCCC1. The van der Waals surface area contributed by atoms with E-state index < -0.39 is 0 Å². The van der Waals surface area contributed by atoms with E-state index in [1.807, 2.05) is 6.92 Å². The van der Waals surface area contributed by atoms with Crippen LogP contribution in [0.5, 0.6) is 0 Å². The third-order valence-corrected chi connectivity index (χ3v) is 6.68. The lowest BCUT2D eigenvalue weighted by Crippen LogP contribution is -2.22. The molecule has 0 spiro atoms. The van der Waals surface area contributed by atoms with Gasteiger partial charge < -0.3 is 20.5 Å². The summed E-state index contributed by atoms with van der Waals surface area (Å²) in [6, 6.07) is 0. The summed E-state index contributed by atoms with van der Waals surface area (Å²) in [6.45, 7) is 3.97. The highest BCUT2D eigenvalue weighted by Gasteiger charge is 2.20. The summed E-state index contributed by atoms with van der Waals surface area (Å²) in [7, 11) is 1.71. The van der Waals surface area contributed by atoms with Crippen LogP contribution in [0, 0.1) is 12.8 Å². The van der Waals surface area contributed by atoms with E-state index >= 15 is 0 Å². The maximum atomic E-state index is 11.8. The van der Waals surface area contributed by atoms with Crippen LogP contribution >= 0.6 is 11.4 Å². The zero-order chi connectivity index (χ0) is 20.5. The van der Waals surface area contributed by atoms with Crippen LogP contribution in [0.25, 0.3) is 0 Å². The normalized spacial score (nSPS) is 16.9. The van der Waals surface area contributed by atoms with Crippen LogP contribution in [0.1, 0.15) is 56.8 Å². The van der Waals surface area contributed by atoms with Gasteiger partial charge in [0.2, 0.25) is 6.41 Å². The largest absolute Gasteiger partial charge is 0.396 e. The van der Waals surface area contributed by atoms with E-state index in [2.05, 4.69) is 9.97 Å². The molecule has 0 bridgehead atoms. The zero-order valence-electron chi connectivity index (χ0n) is 17.0. The van der Waals surface area contributed by atoms with Crippen molar-refractivity contribution in [1.29, 1.82) is 0 Å². The van der Waals surface area contributed by atoms with Crippen molar-refractivity contribution in [1.82, 2.24) is 14.9 Å². The zero-order valence-corrected chi connectivity index (χ0v) is 17.9. The van der Waals surface area contributed by atoms with Crippen LogP contribution in [-0.4, -0.2) is 45.2 Å². The van der Waals surface area contributed by atoms with Gasteiger partial charge in [-0.05, 0) is 31.6 Å². The third-order valence-electron chi connectivity index (χ3n) is 5.09. The Morgan fingerprint density at radius 2 is 2.14 bits per heavy atom. The van der Waals surface area contributed by atoms with Crippen molar-refractivity contribution >= 4 is 28.6 Å². The number of thiol groups is 1. The van der Waals surface area contributed by atoms with E-state index in [1.165, 1.54) is 19.3 Å². The molecule has 1 aromatic rings. The molecule has 1 saturated carbocycles. The summed E-state index contributed by atoms with van der Waals surface area (Å²) >= 11 is 0.938. The summed E-state index contributed by atoms with van der Waals surface area (Å²) in [5.74, 6) is 1.41. The number of ether oxygens (including phenoxy) is 1. The number of nitrogens with two attached hydrogens (primary N) is 1. The molecule has 2 rings (SSSR count). The minimum atomic E-state index is 0.0177. The fourth-order valence-corrected chi connectivity index (χ4v) is 4.73. The number of nitrogens with zero attached hydrogens (tertiary/aromatic N) is 3. The monoisotopic (exact) mass is 408 g/mol. The van der Waals surface area contributed by atoms with Gasteiger partial charge in [0.25, 0.3) is 0 Å². The van der Waals surface area contributed by atoms with E-state index in [4.69, 9.17) is 10.5 Å². The number of hydrogen-bond acceptors (Lipinski definition) is 6. The third kappa shape index (κ3) is 6.12. The Morgan fingerprint density at radius 3 is 2.71 bits per heavy atom. The fourth-order valence-electron chi connectivity index (χ4n) is 3.43. The van der Waals surface area contributed by atoms with Crippen molar-refractivity contribution in [2.24, 2.45) is 5.92 Å². The Kier molecular flexibility index (Phi) is 9.08. The number of carbonyl (C=O) groups is 1. The number of methoxy groups -OCH3 is 1. The molecule has 28 heavy (non-hydrogen) atoms. The van der Waals surface area contributed by atoms with Crippen LogP contribution < -0.4 is 5.73 Å². The Hall–Kier alpha value is -1.77. The van der Waals surface area contributed by atoms with Crippen LogP contribution in [0.2, 0.25) is 0 Å². The number of aryl methyl sites for hydroxylation is 1. The van der Waals surface area contributed by atoms with E-state index in [9.17, 15) is 9.90 Å². The first-order chi connectivity index (χ1) is 13.5. The average molecular weight is 409 g/mol. The summed E-state index contributed by atoms with van der Waals surface area (Å²) in [6.07, 6.45) is 8.91. The second-order valence-electron chi connectivity index (χ2n) is 7.06. The Morgan fingerprint density at radius 1 is 1.43 bits per heavy atom. The van der Waals surface area contributed by atoms with E-state index in [0.29, 0.717) is 29.5 Å². The molecule has 0 saturated heterocycles. The summed E-state index contributed by atoms with van der Waals surface area (Å²) in [4.78, 5) is 22.7. The second kappa shape index (κ2) is 11.3. The van der Waals surface area contributed by atoms with Crippen molar-refractivity contribution in [2.75, 3.05) is 19.5 Å². The van der Waals surface area contributed by atoms with Gasteiger partial charge in [0, 0.05) is 43.5 Å². The molecule has 3 N–H and O–H groups in total. The van der Waals surface area contributed by atoms with Crippen molar-refractivity contribution in [3.8, 4) is 0 Å². The fraction of sp³-hybridized carbons (Fsp3) is 0.600. The number of aliphatic hydroxyl groups excluding tert-OH is 1. The Bertz CT molecular complexity index is 730. The van der Waals surface area contributed by atoms with Gasteiger partial charge in [-0.15, -0.1) is 11.4 Å². The number of aliphatic hydroxyl groups is 1. The minimum absolute atomic E-state index is 0.0177. The molecule has 0 unspecified atom stereocenters. The van der Waals surface area contributed by atoms with Gasteiger partial charge in [-0.1, -0.05) is 19.3 Å². The molecule has 8 heteroatoms. The first-order valence-corrected chi connectivity index (χ1v) is 10.6. The molecule has 156 valence electrons. The number of amides is 1. The van der Waals surface area contributed by atoms with Gasteiger partial charge in [-0.2, -0.15) is 0 Å². The molecule has 1 aliphatic rings. The molecule has 0 atom stereocenters. The van der Waals surface area contributed by atoms with Gasteiger partial charge in [0.15, 0.2) is 0 Å². The molecule has 0 aliphatic heterocycles. The predicted octanol–water partition coefficient (Wildman–Crippen LogP) is 2.76. The van der Waals surface area contributed by atoms with Crippen LogP contribution in [0.4, 0.5) is 5.82 Å². The van der Waals surface area contributed by atoms with Crippen LogP contribution in [0.3, 0.4) is 0 Å². The highest BCUT2D eigenvalue weighted by atomic mass is 32.1. The molecule has 1 fully saturated rings. The standard InChI is InChI=1S/C20H32N4O3S/c1-14(24(13-26)12-17-11-22-15(2)23-19(17)21)18(9-10-25)28-20(27-3)16-7-5-4-6-8-16/h11,13,16,25,28H,4-10,12H2,1-3H3,(H2,21,22,23)/b18-14-. The topological polar surface area (TPSA) is 102 Å². The Balaban J connectivity index is 2.32. The molecular formula is C20H32N4O3S. The van der Waals surface area contributed by atoms with Crippen molar-refractivity contribution in [3.63, 3.8) is 0 Å². The molecule has 7 nitrogen and oxygen atoms in total. The molecule has 0 radical (unpaired) electrons. The Labute approximate surface area is 171 Å². The maximum absolute atomic E-state index is 11.8. The first kappa shape index (κ1) is 22.5. The quantitative estimate of drug-likeness (QED) is 0.347. The summed E-state index contributed by atoms with van der Waals surface area (Å²) in [5, 5.41) is 10.6. The van der Waals surface area contributed by atoms with Gasteiger partial charge in [0.05, 0.1) is 11.6 Å². The van der Waals surface area contributed by atoms with Crippen LogP contribution in [0.15, 0.2) is 16.8 Å². The predicted molar refractivity (Wildman–Crippen MR) is 115 cm³/mol. The van der Waals surface area contributed by atoms with Gasteiger partial charge in [0.1, 0.15) is 11.6 Å². The molecular weight excluding hydrogens is 376 g/mol. The van der Waals surface area contributed by atoms with E-state index in [1.54, 1.807) is 25.1 Å². The molecule has 1 heterocycles. The number of allylic oxidation sites excluding steroid dienone is 1. The maximum Gasteiger partial charge on any atom is 0.214 e. The molecule has 0 aromatic carbocycles. The second-order valence-corrected chi connectivity index (χ2v) is 8.26. The number of aromatic nitrogens is 2. The van der Waals surface area contributed by atoms with Gasteiger partial charge in [-0.25, -0.2) is 9.97 Å². The van der Waals surface area contributed by atoms with Gasteiger partial charge in [-0.3, -0.25) is 4.79 Å². The minimum Gasteiger partial charge on any atom is -0.396 e. The lowest BCUT2D eigenvalue weighted by Gasteiger charge is -2.25. The number of anilines is 1. The highest BCUT2D eigenvalue weighted by molar-refractivity contribution is 8.02. The smallest absolute Gasteiger partial charge is 0.214 e. The summed E-state index contributed by atoms with van der Waals surface area (Å²) in [5.41, 5.74) is 7.48. The lowest BCUT2D eigenvalue weighted by molar-refractivity contribution is -0.116. The average Bonchev–Trinajstić information content (AvgIpc) is 2.71. The highest BCUT2D eigenvalue weighted by Crippen LogP contribution is 2.30. The molecule has 1 aromatic heterocycles. The van der Waals surface area contributed by atoms with Crippen molar-refractivity contribution in [3.05, 3.63) is 28.2 Å². The number of carbonyl (C=O) groups excluding carboxylic acids is 1. The molecule has 1 aliphatic carbocycles. The van der Waals surface area contributed by atoms with E-state index in [-0.39, 0.29) is 13.2 Å². The number of rotatable bonds is 8. The first-order valence-electron chi connectivity index (χ1n) is 9.73. The van der Waals surface area contributed by atoms with Gasteiger partial charge >= 0.3 is 0 Å². The van der Waals surface area contributed by atoms with Crippen molar-refractivity contribution < 1.29 is 14.6 Å². The van der Waals surface area contributed by atoms with Crippen molar-refractivity contribution in [2.45, 2.75) is 58.9 Å². The lowest BCUT2D eigenvalue weighted by atomic mass is 9.90. The number of nitrogen functional groups attached to an aromatic ring is 1. The van der Waals surface area contributed by atoms with Crippen LogP contribution in [-0.2, 0) is 16.1 Å². The van der Waals surface area contributed by atoms with E-state index in [0.717, 1.165) is 46.3 Å². The summed E-state index contributed by atoms with van der Waals surface area (Å²) < 4.78 is 5.72.